The van der Waals surface area contributed by atoms with Gasteiger partial charge in [0.05, 0.1) is 6.42 Å². The fraction of sp³-hybridized carbons (Fsp3) is 0.400. The molecular formula is C20H9F15O2. The third-order valence-corrected chi connectivity index (χ3v) is 5.07. The van der Waals surface area contributed by atoms with Crippen LogP contribution in [0.4, 0.5) is 65.9 Å². The van der Waals surface area contributed by atoms with E-state index in [1.54, 1.807) is 0 Å². The highest BCUT2D eigenvalue weighted by molar-refractivity contribution is 6.11. The number of Topliss-reactive ketones (excluding diaryl/α,β-unsaturated/α-hetero) is 2. The molecule has 0 saturated heterocycles. The quantitative estimate of drug-likeness (QED) is 0.181. The van der Waals surface area contributed by atoms with E-state index in [0.29, 0.717) is 5.39 Å². The van der Waals surface area contributed by atoms with Gasteiger partial charge >= 0.3 is 41.7 Å². The molecule has 17 heteroatoms. The number of hydrogen-bond donors (Lipinski definition) is 0. The molecule has 2 aromatic carbocycles. The van der Waals surface area contributed by atoms with Crippen molar-refractivity contribution in [2.24, 2.45) is 0 Å². The number of hydrogen-bond acceptors (Lipinski definition) is 2. The molecule has 0 aromatic heterocycles. The average Bonchev–Trinajstić information content (AvgIpc) is 2.77. The standard InChI is InChI=1S/C20H9F15O2/c21-14(22,13(37)8-12(36)11-6-5-9-3-1-2-4-10(9)7-11)15(23,24)16(25,26)17(27,28)18(29,30)19(31,32)20(33,34)35/h1-7H,8H2. The van der Waals surface area contributed by atoms with Crippen molar-refractivity contribution in [2.75, 3.05) is 0 Å². The maximum absolute atomic E-state index is 13.9. The second-order valence-electron chi connectivity index (χ2n) is 7.53. The fourth-order valence-electron chi connectivity index (χ4n) is 2.86. The van der Waals surface area contributed by atoms with Crippen LogP contribution in [0.3, 0.4) is 0 Å². The summed E-state index contributed by atoms with van der Waals surface area (Å²) >= 11 is 0. The first-order valence-corrected chi connectivity index (χ1v) is 9.27. The summed E-state index contributed by atoms with van der Waals surface area (Å²) in [5.41, 5.74) is -0.653. The Morgan fingerprint density at radius 1 is 0.541 bits per heavy atom. The molecule has 206 valence electrons. The fourth-order valence-corrected chi connectivity index (χ4v) is 2.86. The van der Waals surface area contributed by atoms with Crippen LogP contribution < -0.4 is 0 Å². The minimum Gasteiger partial charge on any atom is -0.294 e. The second-order valence-corrected chi connectivity index (χ2v) is 7.53. The Morgan fingerprint density at radius 3 is 1.46 bits per heavy atom. The summed E-state index contributed by atoms with van der Waals surface area (Å²) in [4.78, 5) is 23.6. The van der Waals surface area contributed by atoms with Crippen molar-refractivity contribution in [1.29, 1.82) is 0 Å². The van der Waals surface area contributed by atoms with Gasteiger partial charge < -0.3 is 0 Å². The van der Waals surface area contributed by atoms with E-state index in [1.807, 2.05) is 0 Å². The molecule has 0 amide bonds. The third kappa shape index (κ3) is 4.39. The Bertz CT molecular complexity index is 1200. The molecule has 2 nitrogen and oxygen atoms in total. The SMILES string of the molecule is O=C(CC(=O)C(F)(F)C(F)(F)C(F)(F)C(F)(F)C(F)(F)C(F)(F)C(F)(F)F)c1ccc2ccccc2c1. The molecule has 2 rings (SSSR count). The summed E-state index contributed by atoms with van der Waals surface area (Å²) < 4.78 is 198. The number of halogens is 15. The van der Waals surface area contributed by atoms with Gasteiger partial charge in [0.25, 0.3) is 0 Å². The number of carbonyl (C=O) groups excluding carboxylic acids is 2. The highest BCUT2D eigenvalue weighted by Gasteiger charge is 2.93. The topological polar surface area (TPSA) is 34.1 Å². The number of ketones is 2. The highest BCUT2D eigenvalue weighted by atomic mass is 19.4. The summed E-state index contributed by atoms with van der Waals surface area (Å²) in [5, 5.41) is 0.651. The van der Waals surface area contributed by atoms with Gasteiger partial charge in [-0.25, -0.2) is 0 Å². The van der Waals surface area contributed by atoms with Crippen LogP contribution in [0, 0.1) is 0 Å². The molecule has 0 unspecified atom stereocenters. The molecule has 0 N–H and O–H groups in total. The molecule has 0 aliphatic heterocycles. The van der Waals surface area contributed by atoms with E-state index in [1.165, 1.54) is 24.3 Å². The first-order valence-electron chi connectivity index (χ1n) is 9.27. The predicted molar refractivity (Wildman–Crippen MR) is 93.6 cm³/mol. The lowest BCUT2D eigenvalue weighted by Crippen LogP contribution is -2.73. The van der Waals surface area contributed by atoms with Crippen LogP contribution in [0.15, 0.2) is 42.5 Å². The maximum Gasteiger partial charge on any atom is 0.460 e. The minimum absolute atomic E-state index is 0.219. The molecule has 0 aliphatic rings. The Labute approximate surface area is 195 Å². The average molecular weight is 566 g/mol. The molecule has 0 fully saturated rings. The van der Waals surface area contributed by atoms with E-state index in [2.05, 4.69) is 0 Å². The molecule has 0 aliphatic carbocycles. The van der Waals surface area contributed by atoms with E-state index in [9.17, 15) is 75.4 Å². The van der Waals surface area contributed by atoms with E-state index in [4.69, 9.17) is 0 Å². The van der Waals surface area contributed by atoms with Crippen LogP contribution in [0.1, 0.15) is 16.8 Å². The lowest BCUT2D eigenvalue weighted by molar-refractivity contribution is -0.449. The zero-order valence-electron chi connectivity index (χ0n) is 17.2. The van der Waals surface area contributed by atoms with Gasteiger partial charge in [-0.2, -0.15) is 65.9 Å². The highest BCUT2D eigenvalue weighted by Crippen LogP contribution is 2.62. The molecular weight excluding hydrogens is 557 g/mol. The summed E-state index contributed by atoms with van der Waals surface area (Å²) in [7, 11) is 0. The van der Waals surface area contributed by atoms with Gasteiger partial charge in [-0.05, 0) is 16.8 Å². The van der Waals surface area contributed by atoms with Crippen LogP contribution in [0.25, 0.3) is 10.8 Å². The van der Waals surface area contributed by atoms with E-state index in [0.717, 1.165) is 18.2 Å². The molecule has 37 heavy (non-hydrogen) atoms. The van der Waals surface area contributed by atoms with Gasteiger partial charge in [0.2, 0.25) is 5.78 Å². The van der Waals surface area contributed by atoms with Crippen LogP contribution in [-0.4, -0.2) is 53.3 Å². The van der Waals surface area contributed by atoms with Gasteiger partial charge in [0.15, 0.2) is 5.78 Å². The van der Waals surface area contributed by atoms with Crippen LogP contribution in [0.2, 0.25) is 0 Å². The largest absolute Gasteiger partial charge is 0.460 e. The molecule has 0 heterocycles. The number of benzene rings is 2. The molecule has 0 bridgehead atoms. The van der Waals surface area contributed by atoms with Crippen molar-refractivity contribution >= 4 is 22.3 Å². The number of rotatable bonds is 9. The van der Waals surface area contributed by atoms with Crippen molar-refractivity contribution in [1.82, 2.24) is 0 Å². The van der Waals surface area contributed by atoms with Crippen molar-refractivity contribution in [2.45, 2.75) is 48.1 Å². The Kier molecular flexibility index (Phi) is 7.17. The Balaban J connectivity index is 2.44. The lowest BCUT2D eigenvalue weighted by atomic mass is 9.88. The van der Waals surface area contributed by atoms with Crippen molar-refractivity contribution in [3.63, 3.8) is 0 Å². The van der Waals surface area contributed by atoms with Gasteiger partial charge in [0, 0.05) is 5.56 Å². The number of alkyl halides is 15. The summed E-state index contributed by atoms with van der Waals surface area (Å²) in [6, 6.07) is 8.69. The molecule has 0 saturated carbocycles. The van der Waals surface area contributed by atoms with Crippen molar-refractivity contribution in [3.8, 4) is 0 Å². The normalized spacial score (nSPS) is 14.7. The van der Waals surface area contributed by atoms with E-state index < -0.39 is 65.3 Å². The van der Waals surface area contributed by atoms with Crippen molar-refractivity contribution < 1.29 is 75.4 Å². The monoisotopic (exact) mass is 566 g/mol. The van der Waals surface area contributed by atoms with Gasteiger partial charge in [-0.15, -0.1) is 0 Å². The maximum atomic E-state index is 13.9. The molecule has 0 spiro atoms. The summed E-state index contributed by atoms with van der Waals surface area (Å²) in [6.07, 6.45) is -10.1. The van der Waals surface area contributed by atoms with Crippen LogP contribution in [0.5, 0.6) is 0 Å². The zero-order chi connectivity index (χ0) is 29.0. The number of fused-ring (bicyclic) bond motifs is 1. The smallest absolute Gasteiger partial charge is 0.294 e. The predicted octanol–water partition coefficient (Wildman–Crippen LogP) is 7.36. The molecule has 0 radical (unpaired) electrons. The van der Waals surface area contributed by atoms with Crippen LogP contribution >= 0.6 is 0 Å². The Morgan fingerprint density at radius 2 is 0.973 bits per heavy atom. The van der Waals surface area contributed by atoms with Gasteiger partial charge in [-0.3, -0.25) is 9.59 Å². The van der Waals surface area contributed by atoms with Gasteiger partial charge in [-0.1, -0.05) is 36.4 Å². The van der Waals surface area contributed by atoms with Gasteiger partial charge in [0.1, 0.15) is 0 Å². The second kappa shape index (κ2) is 8.79. The van der Waals surface area contributed by atoms with Crippen LogP contribution in [-0.2, 0) is 4.79 Å². The first-order chi connectivity index (χ1) is 16.4. The lowest BCUT2D eigenvalue weighted by Gasteiger charge is -2.41. The summed E-state index contributed by atoms with van der Waals surface area (Å²) in [6.45, 7) is 0. The Hall–Kier alpha value is -3.01. The molecule has 2 aromatic rings. The van der Waals surface area contributed by atoms with Crippen molar-refractivity contribution in [3.05, 3.63) is 48.0 Å². The molecule has 0 atom stereocenters. The van der Waals surface area contributed by atoms with E-state index >= 15 is 0 Å². The number of carbonyl (C=O) groups is 2. The van der Waals surface area contributed by atoms with E-state index in [-0.39, 0.29) is 5.39 Å². The zero-order valence-corrected chi connectivity index (χ0v) is 17.2. The minimum atomic E-state index is -8.51. The third-order valence-electron chi connectivity index (χ3n) is 5.07. The first kappa shape index (κ1) is 30.2. The summed E-state index contributed by atoms with van der Waals surface area (Å²) in [5.74, 6) is -53.9.